The van der Waals surface area contributed by atoms with E-state index in [1.54, 1.807) is 19.3 Å². The Balaban J connectivity index is 0.00000320. The first-order valence-corrected chi connectivity index (χ1v) is 12.3. The average Bonchev–Trinajstić information content (AvgIpc) is 3.02. The summed E-state index contributed by atoms with van der Waals surface area (Å²) in [6, 6.07) is 5.37. The summed E-state index contributed by atoms with van der Waals surface area (Å²) in [7, 11) is 1.16. The first-order valence-electron chi connectivity index (χ1n) is 12.8. The van der Waals surface area contributed by atoms with E-state index in [9.17, 15) is 4.79 Å². The summed E-state index contributed by atoms with van der Waals surface area (Å²) in [6.07, 6.45) is 3.59. The van der Waals surface area contributed by atoms with Gasteiger partial charge >= 0.3 is 7.12 Å². The van der Waals surface area contributed by atoms with Crippen LogP contribution in [0, 0.1) is 0 Å². The Bertz CT molecular complexity index is 1170. The highest BCUT2D eigenvalue weighted by molar-refractivity contribution is 7.59. The van der Waals surface area contributed by atoms with E-state index in [2.05, 4.69) is 27.0 Å². The van der Waals surface area contributed by atoms with Gasteiger partial charge in [-0.25, -0.2) is 4.98 Å². The average molecular weight is 516 g/mol. The van der Waals surface area contributed by atoms with Gasteiger partial charge < -0.3 is 28.8 Å². The third kappa shape index (κ3) is 5.04. The molecule has 1 atom stereocenters. The quantitative estimate of drug-likeness (QED) is 0.604. The number of pyridine rings is 2. The van der Waals surface area contributed by atoms with Crippen LogP contribution >= 0.6 is 13.5 Å². The van der Waals surface area contributed by atoms with Crippen LogP contribution < -0.4 is 21.2 Å². The fourth-order valence-corrected chi connectivity index (χ4v) is 4.71. The zero-order valence-electron chi connectivity index (χ0n) is 23.0. The van der Waals surface area contributed by atoms with Gasteiger partial charge in [-0.15, -0.1) is 0 Å². The number of hydrogen-bond acceptors (Lipinski definition) is 8. The van der Waals surface area contributed by atoms with Crippen molar-refractivity contribution < 1.29 is 15.4 Å². The number of nitrogens with zero attached hydrogens (tertiary/aromatic N) is 4. The SMILES string of the molecule is S.[2H]C1(N2CCN(c3ccc(Nc4cc(B5OC(C)(C)C(C)(C)O5)cn(C)c4=O)nc3)[C@@H](C)C2)COC1. The molecular formula is C25H38BN5O4S. The summed E-state index contributed by atoms with van der Waals surface area (Å²) >= 11 is 0. The Kier molecular flexibility index (Phi) is 7.12. The van der Waals surface area contributed by atoms with Crippen LogP contribution in [0.5, 0.6) is 0 Å². The summed E-state index contributed by atoms with van der Waals surface area (Å²) < 4.78 is 27.7. The molecule has 3 fully saturated rings. The number of aryl methyl sites for hydroxylation is 1. The number of hydrogen-bond donors (Lipinski definition) is 1. The largest absolute Gasteiger partial charge is 0.496 e. The van der Waals surface area contributed by atoms with E-state index >= 15 is 0 Å². The second-order valence-corrected chi connectivity index (χ2v) is 10.8. The summed E-state index contributed by atoms with van der Waals surface area (Å²) in [4.78, 5) is 22.0. The molecule has 0 unspecified atom stereocenters. The third-order valence-corrected chi connectivity index (χ3v) is 7.68. The molecule has 1 N–H and O–H groups in total. The van der Waals surface area contributed by atoms with Crippen molar-refractivity contribution in [2.45, 2.75) is 57.9 Å². The van der Waals surface area contributed by atoms with Gasteiger partial charge in [-0.3, -0.25) is 9.69 Å². The minimum absolute atomic E-state index is 0. The monoisotopic (exact) mass is 516 g/mol. The van der Waals surface area contributed by atoms with E-state index < -0.39 is 24.3 Å². The molecule has 36 heavy (non-hydrogen) atoms. The van der Waals surface area contributed by atoms with Crippen LogP contribution in [-0.2, 0) is 21.1 Å². The van der Waals surface area contributed by atoms with Crippen LogP contribution in [0.15, 0.2) is 35.4 Å². The zero-order valence-corrected chi connectivity index (χ0v) is 23.0. The maximum Gasteiger partial charge on any atom is 0.496 e. The Morgan fingerprint density at radius 2 is 1.86 bits per heavy atom. The molecule has 3 aliphatic rings. The van der Waals surface area contributed by atoms with Gasteiger partial charge in [-0.2, -0.15) is 13.5 Å². The van der Waals surface area contributed by atoms with Gasteiger partial charge in [0.2, 0.25) is 0 Å². The van der Waals surface area contributed by atoms with E-state index in [1.165, 1.54) is 4.57 Å². The summed E-state index contributed by atoms with van der Waals surface area (Å²) in [6.45, 7) is 13.6. The van der Waals surface area contributed by atoms with Crippen LogP contribution in [0.3, 0.4) is 0 Å². The molecule has 9 nitrogen and oxygen atoms in total. The molecule has 5 heterocycles. The van der Waals surface area contributed by atoms with Crippen molar-refractivity contribution >= 4 is 43.3 Å². The second-order valence-electron chi connectivity index (χ2n) is 10.8. The lowest BCUT2D eigenvalue weighted by Gasteiger charge is -2.46. The number of rotatable bonds is 5. The van der Waals surface area contributed by atoms with E-state index in [0.717, 1.165) is 30.8 Å². The first-order chi connectivity index (χ1) is 16.9. The second kappa shape index (κ2) is 10.0. The van der Waals surface area contributed by atoms with Crippen molar-refractivity contribution in [1.82, 2.24) is 14.5 Å². The first kappa shape index (κ1) is 25.6. The van der Waals surface area contributed by atoms with Gasteiger partial charge in [-0.1, -0.05) is 0 Å². The maximum absolute atomic E-state index is 12.8. The number of aromatic nitrogens is 2. The highest BCUT2D eigenvalue weighted by Gasteiger charge is 2.52. The fourth-order valence-electron chi connectivity index (χ4n) is 4.71. The van der Waals surface area contributed by atoms with Gasteiger partial charge in [0.25, 0.3) is 5.56 Å². The molecule has 0 spiro atoms. The molecule has 0 aliphatic carbocycles. The van der Waals surface area contributed by atoms with Gasteiger partial charge in [0, 0.05) is 44.4 Å². The van der Waals surface area contributed by atoms with Gasteiger partial charge in [0.15, 0.2) is 0 Å². The minimum atomic E-state index is -0.576. The fraction of sp³-hybridized carbons (Fsp3) is 0.600. The van der Waals surface area contributed by atoms with Gasteiger partial charge in [-0.05, 0) is 52.8 Å². The molecule has 3 saturated heterocycles. The Morgan fingerprint density at radius 3 is 2.42 bits per heavy atom. The highest BCUT2D eigenvalue weighted by atomic mass is 32.1. The lowest BCUT2D eigenvalue weighted by molar-refractivity contribution is -0.0691. The molecule has 3 aliphatic heterocycles. The molecule has 0 amide bonds. The Morgan fingerprint density at radius 1 is 1.17 bits per heavy atom. The smallest absolute Gasteiger partial charge is 0.399 e. The topological polar surface area (TPSA) is 81.1 Å². The predicted octanol–water partition coefficient (Wildman–Crippen LogP) is 1.85. The molecule has 0 aromatic carbocycles. The molecule has 11 heteroatoms. The number of ether oxygens (including phenoxy) is 1. The van der Waals surface area contributed by atoms with Crippen molar-refractivity contribution in [1.29, 1.82) is 0 Å². The number of piperazine rings is 1. The molecule has 0 saturated carbocycles. The summed E-state index contributed by atoms with van der Waals surface area (Å²) in [5.41, 5.74) is 1.12. The molecule has 2 aromatic rings. The standard InChI is InChI=1S/C25H36BN5O4.H2S/c1-17-13-30(20-15-33-16-20)9-10-31(17)19-7-8-22(27-12-19)28-21-11-18(14-29(6)23(21)32)26-34-24(2,3)25(4,5)35-26;/h7-8,11-12,14,17,20H,9-10,13,15-16H2,1-6H3,(H,27,28);1H2/t17-;/m0./s1/i20D;. The van der Waals surface area contributed by atoms with Crippen LogP contribution in [0.25, 0.3) is 0 Å². The van der Waals surface area contributed by atoms with E-state index in [1.807, 2.05) is 46.0 Å². The minimum Gasteiger partial charge on any atom is -0.399 e. The third-order valence-electron chi connectivity index (χ3n) is 7.68. The van der Waals surface area contributed by atoms with Crippen molar-refractivity contribution in [3.63, 3.8) is 0 Å². The lowest BCUT2D eigenvalue weighted by Crippen LogP contribution is -2.59. The zero-order chi connectivity index (χ0) is 25.9. The maximum atomic E-state index is 12.8. The van der Waals surface area contributed by atoms with E-state index in [0.29, 0.717) is 24.7 Å². The number of nitrogens with one attached hydrogen (secondary N) is 1. The molecular weight excluding hydrogens is 477 g/mol. The predicted molar refractivity (Wildman–Crippen MR) is 148 cm³/mol. The van der Waals surface area contributed by atoms with Crippen LogP contribution in [0.2, 0.25) is 0 Å². The van der Waals surface area contributed by atoms with Crippen molar-refractivity contribution in [2.24, 2.45) is 7.05 Å². The van der Waals surface area contributed by atoms with Crippen molar-refractivity contribution in [3.8, 4) is 0 Å². The highest BCUT2D eigenvalue weighted by Crippen LogP contribution is 2.36. The van der Waals surface area contributed by atoms with Gasteiger partial charge in [0.05, 0.1) is 43.7 Å². The molecule has 2 aromatic heterocycles. The molecule has 5 rings (SSSR count). The lowest BCUT2D eigenvalue weighted by atomic mass is 9.80. The van der Waals surface area contributed by atoms with Crippen molar-refractivity contribution in [3.05, 3.63) is 40.9 Å². The molecule has 0 bridgehead atoms. The van der Waals surface area contributed by atoms with E-state index in [-0.39, 0.29) is 25.1 Å². The van der Waals surface area contributed by atoms with Gasteiger partial charge in [0.1, 0.15) is 11.5 Å². The molecule has 0 radical (unpaired) electrons. The normalized spacial score (nSPS) is 25.1. The van der Waals surface area contributed by atoms with Crippen LogP contribution in [0.4, 0.5) is 17.2 Å². The number of anilines is 3. The Hall–Kier alpha value is -2.05. The van der Waals surface area contributed by atoms with E-state index in [4.69, 9.17) is 15.4 Å². The van der Waals surface area contributed by atoms with Crippen LogP contribution in [-0.4, -0.2) is 77.7 Å². The Labute approximate surface area is 222 Å². The summed E-state index contributed by atoms with van der Waals surface area (Å²) in [5.74, 6) is 0.588. The van der Waals surface area contributed by atoms with Crippen LogP contribution in [0.1, 0.15) is 36.0 Å². The van der Waals surface area contributed by atoms with Crippen molar-refractivity contribution in [2.75, 3.05) is 43.1 Å². The molecule has 196 valence electrons. The summed E-state index contributed by atoms with van der Waals surface area (Å²) in [5, 5.41) is 3.18.